The van der Waals surface area contributed by atoms with E-state index in [1.165, 1.54) is 0 Å². The molecular weight excluding hydrogens is 572 g/mol. The normalized spacial score (nSPS) is 16.4. The van der Waals surface area contributed by atoms with Crippen LogP contribution in [0.5, 0.6) is 0 Å². The molecule has 1 aliphatic rings. The molecular formula is C35H46N4O6. The zero-order chi connectivity index (χ0) is 33.3. The molecule has 1 aromatic heterocycles. The van der Waals surface area contributed by atoms with E-state index in [2.05, 4.69) is 36.7 Å². The molecule has 1 aliphatic heterocycles. The van der Waals surface area contributed by atoms with Crippen molar-refractivity contribution in [1.82, 2.24) is 14.8 Å². The first-order chi connectivity index (χ1) is 20.8. The van der Waals surface area contributed by atoms with E-state index in [9.17, 15) is 19.5 Å². The molecule has 0 spiro atoms. The van der Waals surface area contributed by atoms with Gasteiger partial charge < -0.3 is 19.5 Å². The summed E-state index contributed by atoms with van der Waals surface area (Å²) < 4.78 is 11.3. The molecule has 0 radical (unpaired) electrons. The summed E-state index contributed by atoms with van der Waals surface area (Å²) in [5.74, 6) is 0.114. The summed E-state index contributed by atoms with van der Waals surface area (Å²) in [5, 5.41) is 11.2. The molecule has 1 atom stereocenters. The summed E-state index contributed by atoms with van der Waals surface area (Å²) in [5.41, 5.74) is 0.832. The lowest BCUT2D eigenvalue weighted by Crippen LogP contribution is -2.59. The van der Waals surface area contributed by atoms with Crippen molar-refractivity contribution in [3.63, 3.8) is 0 Å². The van der Waals surface area contributed by atoms with Crippen molar-refractivity contribution in [2.45, 2.75) is 86.1 Å². The maximum atomic E-state index is 13.5. The smallest absolute Gasteiger partial charge is 0.425 e. The molecule has 4 rings (SSSR count). The zero-order valence-electron chi connectivity index (χ0n) is 27.9. The number of imide groups is 1. The van der Waals surface area contributed by atoms with E-state index in [4.69, 9.17) is 9.47 Å². The highest BCUT2D eigenvalue weighted by Crippen LogP contribution is 2.36. The number of nitrogens with zero attached hydrogens (tertiary/aromatic N) is 4. The highest BCUT2D eigenvalue weighted by molar-refractivity contribution is 6.15. The SMILES string of the molecule is CC(C)(C)OC(=O)N(C(=O)OC(C)(C)C)c1ncc(-c2ccccc2)c2cc(CN3CCN(C(=O)O)C(C(C)(C)C)C3)ccc12. The summed E-state index contributed by atoms with van der Waals surface area (Å²) >= 11 is 0. The molecule has 2 aromatic carbocycles. The van der Waals surface area contributed by atoms with Crippen molar-refractivity contribution in [3.05, 3.63) is 60.3 Å². The quantitative estimate of drug-likeness (QED) is 0.315. The molecule has 3 aromatic rings. The van der Waals surface area contributed by atoms with Gasteiger partial charge >= 0.3 is 18.3 Å². The fourth-order valence-electron chi connectivity index (χ4n) is 5.47. The van der Waals surface area contributed by atoms with Crippen LogP contribution in [-0.2, 0) is 16.0 Å². The third-order valence-electron chi connectivity index (χ3n) is 7.50. The Morgan fingerprint density at radius 2 is 1.47 bits per heavy atom. The molecule has 1 saturated heterocycles. The van der Waals surface area contributed by atoms with E-state index in [0.29, 0.717) is 31.6 Å². The molecule has 242 valence electrons. The summed E-state index contributed by atoms with van der Waals surface area (Å²) in [6, 6.07) is 15.5. The van der Waals surface area contributed by atoms with E-state index < -0.39 is 29.5 Å². The van der Waals surface area contributed by atoms with Crippen LogP contribution in [0.2, 0.25) is 0 Å². The number of carboxylic acid groups (broad SMARTS) is 1. The third kappa shape index (κ3) is 8.30. The number of amides is 3. The van der Waals surface area contributed by atoms with Crippen molar-refractivity contribution < 1.29 is 29.0 Å². The van der Waals surface area contributed by atoms with Gasteiger partial charge in [-0.05, 0) is 69.5 Å². The van der Waals surface area contributed by atoms with Crippen molar-refractivity contribution >= 4 is 34.9 Å². The highest BCUT2D eigenvalue weighted by atomic mass is 16.6. The van der Waals surface area contributed by atoms with Gasteiger partial charge in [-0.3, -0.25) is 4.90 Å². The van der Waals surface area contributed by atoms with Gasteiger partial charge in [-0.2, -0.15) is 4.90 Å². The van der Waals surface area contributed by atoms with E-state index in [1.807, 2.05) is 42.5 Å². The monoisotopic (exact) mass is 618 g/mol. The number of ether oxygens (including phenoxy) is 2. The van der Waals surface area contributed by atoms with E-state index in [1.54, 1.807) is 52.6 Å². The minimum absolute atomic E-state index is 0.114. The lowest BCUT2D eigenvalue weighted by molar-refractivity contribution is 0.0190. The lowest BCUT2D eigenvalue weighted by Gasteiger charge is -2.46. The number of fused-ring (bicyclic) bond motifs is 1. The summed E-state index contributed by atoms with van der Waals surface area (Å²) in [7, 11) is 0. The average molecular weight is 619 g/mol. The fourth-order valence-corrected chi connectivity index (χ4v) is 5.47. The number of hydrogen-bond acceptors (Lipinski definition) is 7. The van der Waals surface area contributed by atoms with Crippen LogP contribution >= 0.6 is 0 Å². The predicted octanol–water partition coefficient (Wildman–Crippen LogP) is 7.79. The second-order valence-electron chi connectivity index (χ2n) is 14.6. The molecule has 2 heterocycles. The van der Waals surface area contributed by atoms with Crippen LogP contribution in [0.15, 0.2) is 54.7 Å². The molecule has 1 unspecified atom stereocenters. The third-order valence-corrected chi connectivity index (χ3v) is 7.50. The van der Waals surface area contributed by atoms with Gasteiger partial charge in [0.25, 0.3) is 0 Å². The molecule has 0 saturated carbocycles. The number of pyridine rings is 1. The number of rotatable bonds is 4. The Balaban J connectivity index is 1.81. The van der Waals surface area contributed by atoms with Gasteiger partial charge in [-0.15, -0.1) is 0 Å². The van der Waals surface area contributed by atoms with Crippen molar-refractivity contribution in [3.8, 4) is 11.1 Å². The first-order valence-corrected chi connectivity index (χ1v) is 15.3. The first kappa shape index (κ1) is 33.7. The summed E-state index contributed by atoms with van der Waals surface area (Å²) in [6.45, 7) is 18.8. The lowest BCUT2D eigenvalue weighted by atomic mass is 9.84. The van der Waals surface area contributed by atoms with Gasteiger partial charge in [0.15, 0.2) is 5.82 Å². The Kier molecular flexibility index (Phi) is 9.49. The fraction of sp³-hybridized carbons (Fsp3) is 0.486. The summed E-state index contributed by atoms with van der Waals surface area (Å²) in [6.07, 6.45) is -0.995. The predicted molar refractivity (Wildman–Crippen MR) is 175 cm³/mol. The Labute approximate surface area is 265 Å². The molecule has 3 amide bonds. The van der Waals surface area contributed by atoms with Crippen LogP contribution in [0, 0.1) is 5.41 Å². The van der Waals surface area contributed by atoms with Crippen LogP contribution in [0.1, 0.15) is 67.9 Å². The standard InChI is InChI=1S/C35H46N4O6/c1-33(2,3)28-22-37(17-18-38(28)30(40)41)21-23-15-16-25-26(19-23)27(24-13-11-10-12-14-24)20-36-29(25)39(31(42)44-34(4,5)6)32(43)45-35(7,8)9/h10-16,19-20,28H,17-18,21-22H2,1-9H3,(H,40,41). The number of anilines is 1. The van der Waals surface area contributed by atoms with Gasteiger partial charge in [-0.1, -0.05) is 63.2 Å². The van der Waals surface area contributed by atoms with Crippen molar-refractivity contribution in [2.24, 2.45) is 5.41 Å². The van der Waals surface area contributed by atoms with Gasteiger partial charge in [0.2, 0.25) is 0 Å². The van der Waals surface area contributed by atoms with Crippen LogP contribution in [0.4, 0.5) is 20.2 Å². The Morgan fingerprint density at radius 1 is 0.867 bits per heavy atom. The Hall–Kier alpha value is -4.18. The molecule has 1 fully saturated rings. The van der Waals surface area contributed by atoms with Gasteiger partial charge in [0.05, 0.1) is 6.04 Å². The Bertz CT molecular complexity index is 1520. The number of hydrogen-bond donors (Lipinski definition) is 1. The van der Waals surface area contributed by atoms with E-state index >= 15 is 0 Å². The summed E-state index contributed by atoms with van der Waals surface area (Å²) in [4.78, 5) is 48.3. The molecule has 0 bridgehead atoms. The largest absolute Gasteiger partial charge is 0.465 e. The van der Waals surface area contributed by atoms with Crippen LogP contribution in [0.3, 0.4) is 0 Å². The first-order valence-electron chi connectivity index (χ1n) is 15.3. The van der Waals surface area contributed by atoms with E-state index in [0.717, 1.165) is 27.0 Å². The zero-order valence-corrected chi connectivity index (χ0v) is 27.9. The minimum atomic E-state index is -0.896. The van der Waals surface area contributed by atoms with Gasteiger partial charge in [-0.25, -0.2) is 19.4 Å². The van der Waals surface area contributed by atoms with Crippen molar-refractivity contribution in [2.75, 3.05) is 24.5 Å². The second-order valence-corrected chi connectivity index (χ2v) is 14.6. The van der Waals surface area contributed by atoms with Crippen molar-refractivity contribution in [1.29, 1.82) is 0 Å². The molecule has 10 heteroatoms. The molecule has 45 heavy (non-hydrogen) atoms. The number of carbonyl (C=O) groups is 3. The van der Waals surface area contributed by atoms with Crippen LogP contribution < -0.4 is 4.90 Å². The maximum absolute atomic E-state index is 13.5. The molecule has 10 nitrogen and oxygen atoms in total. The van der Waals surface area contributed by atoms with Crippen LogP contribution in [-0.4, -0.2) is 75.0 Å². The number of aromatic nitrogens is 1. The molecule has 1 N–H and O–H groups in total. The number of benzene rings is 2. The number of carbonyl (C=O) groups excluding carboxylic acids is 2. The second kappa shape index (κ2) is 12.7. The maximum Gasteiger partial charge on any atom is 0.425 e. The molecule has 0 aliphatic carbocycles. The average Bonchev–Trinajstić information content (AvgIpc) is 2.91. The topological polar surface area (TPSA) is 113 Å². The van der Waals surface area contributed by atoms with Gasteiger partial charge in [0, 0.05) is 43.3 Å². The minimum Gasteiger partial charge on any atom is -0.465 e. The highest BCUT2D eigenvalue weighted by Gasteiger charge is 2.38. The number of piperazine rings is 1. The Morgan fingerprint density at radius 3 is 2.00 bits per heavy atom. The van der Waals surface area contributed by atoms with Crippen LogP contribution in [0.25, 0.3) is 21.9 Å². The van der Waals surface area contributed by atoms with E-state index in [-0.39, 0.29) is 17.3 Å². The van der Waals surface area contributed by atoms with Gasteiger partial charge in [0.1, 0.15) is 11.2 Å².